The molecule has 0 radical (unpaired) electrons. The minimum Gasteiger partial charge on any atom is -0.466 e. The zero-order valence-electron chi connectivity index (χ0n) is 34.6. The summed E-state index contributed by atoms with van der Waals surface area (Å²) >= 11 is 0. The van der Waals surface area contributed by atoms with Crippen LogP contribution in [0.15, 0.2) is 0 Å². The van der Waals surface area contributed by atoms with Crippen LogP contribution >= 0.6 is 0 Å². The van der Waals surface area contributed by atoms with E-state index in [1.807, 2.05) is 0 Å². The Labute approximate surface area is 314 Å². The fourth-order valence-electron chi connectivity index (χ4n) is 7.16. The summed E-state index contributed by atoms with van der Waals surface area (Å²) in [5.74, 6) is 0.000796. The number of hydrogen-bond acceptors (Lipinski definition) is 5. The van der Waals surface area contributed by atoms with Gasteiger partial charge in [0.05, 0.1) is 12.7 Å². The molecule has 0 amide bonds. The Hall–Kier alpha value is -0.650. The molecule has 0 aromatic rings. The second kappa shape index (κ2) is 41.1. The highest BCUT2D eigenvalue weighted by Gasteiger charge is 2.15. The molecule has 5 nitrogen and oxygen atoms in total. The van der Waals surface area contributed by atoms with Gasteiger partial charge < -0.3 is 19.5 Å². The summed E-state index contributed by atoms with van der Waals surface area (Å²) in [4.78, 5) is 14.7. The minimum absolute atomic E-state index is 0.000796. The molecule has 300 valence electrons. The maximum Gasteiger partial charge on any atom is 0.305 e. The van der Waals surface area contributed by atoms with Crippen molar-refractivity contribution >= 4 is 5.97 Å². The first-order valence-corrected chi connectivity index (χ1v) is 22.8. The average molecular weight is 710 g/mol. The van der Waals surface area contributed by atoms with E-state index in [1.165, 1.54) is 187 Å². The number of ether oxygens (including phenoxy) is 2. The van der Waals surface area contributed by atoms with E-state index in [4.69, 9.17) is 9.47 Å². The molecule has 0 spiro atoms. The molecular weight excluding hydrogens is 618 g/mol. The lowest BCUT2D eigenvalue weighted by atomic mass is 10.0. The standard InChI is InChI=1S/C45H91NO4/c1-5-9-12-15-18-27-34-42-49-44(47)37-30-23-19-25-32-40-46(39-8-4)41-33-26-20-24-31-38-45(48)50-43(35-28-21-16-13-10-6-2)36-29-22-17-14-11-7-3/h43,45,48H,5-42H2,1-4H3. The first kappa shape index (κ1) is 49.4. The Bertz CT molecular complexity index is 643. The van der Waals surface area contributed by atoms with E-state index in [2.05, 4.69) is 32.6 Å². The molecule has 0 bridgehead atoms. The Morgan fingerprint density at radius 2 is 0.860 bits per heavy atom. The van der Waals surface area contributed by atoms with Crippen LogP contribution in [-0.2, 0) is 14.3 Å². The van der Waals surface area contributed by atoms with Crippen LogP contribution in [0.1, 0.15) is 246 Å². The van der Waals surface area contributed by atoms with Gasteiger partial charge >= 0.3 is 5.97 Å². The van der Waals surface area contributed by atoms with Crippen LogP contribution < -0.4 is 0 Å². The molecule has 0 fully saturated rings. The van der Waals surface area contributed by atoms with E-state index in [1.54, 1.807) is 0 Å². The summed E-state index contributed by atoms with van der Waals surface area (Å²) in [5, 5.41) is 10.7. The van der Waals surface area contributed by atoms with E-state index in [-0.39, 0.29) is 12.1 Å². The lowest BCUT2D eigenvalue weighted by molar-refractivity contribution is -0.144. The maximum absolute atomic E-state index is 12.0. The molecule has 0 aliphatic rings. The van der Waals surface area contributed by atoms with Crippen LogP contribution in [0, 0.1) is 0 Å². The van der Waals surface area contributed by atoms with Gasteiger partial charge in [-0.1, -0.05) is 182 Å². The summed E-state index contributed by atoms with van der Waals surface area (Å²) in [6.07, 6.45) is 41.0. The summed E-state index contributed by atoms with van der Waals surface area (Å²) < 4.78 is 11.7. The molecule has 0 saturated carbocycles. The molecule has 0 aliphatic carbocycles. The zero-order valence-corrected chi connectivity index (χ0v) is 34.6. The van der Waals surface area contributed by atoms with Gasteiger partial charge in [0.25, 0.3) is 0 Å². The minimum atomic E-state index is -0.589. The van der Waals surface area contributed by atoms with Crippen molar-refractivity contribution in [2.45, 2.75) is 258 Å². The predicted octanol–water partition coefficient (Wildman–Crippen LogP) is 13.9. The number of carbonyl (C=O) groups is 1. The highest BCUT2D eigenvalue weighted by molar-refractivity contribution is 5.69. The van der Waals surface area contributed by atoms with Crippen molar-refractivity contribution in [3.05, 3.63) is 0 Å². The Kier molecular flexibility index (Phi) is 40.6. The van der Waals surface area contributed by atoms with Gasteiger partial charge in [0.2, 0.25) is 0 Å². The number of rotatable bonds is 42. The third-order valence-electron chi connectivity index (χ3n) is 10.4. The van der Waals surface area contributed by atoms with Crippen molar-refractivity contribution in [1.29, 1.82) is 0 Å². The van der Waals surface area contributed by atoms with Crippen molar-refractivity contribution in [2.75, 3.05) is 26.2 Å². The summed E-state index contributed by atoms with van der Waals surface area (Å²) in [5.41, 5.74) is 0. The summed E-state index contributed by atoms with van der Waals surface area (Å²) in [7, 11) is 0. The number of unbranched alkanes of at least 4 members (excludes halogenated alkanes) is 24. The normalized spacial score (nSPS) is 12.4. The van der Waals surface area contributed by atoms with Crippen LogP contribution in [0.5, 0.6) is 0 Å². The van der Waals surface area contributed by atoms with Crippen molar-refractivity contribution in [3.63, 3.8) is 0 Å². The molecule has 0 rings (SSSR count). The molecule has 0 saturated heterocycles. The first-order valence-electron chi connectivity index (χ1n) is 22.8. The largest absolute Gasteiger partial charge is 0.466 e. The maximum atomic E-state index is 12.0. The van der Waals surface area contributed by atoms with Crippen molar-refractivity contribution in [1.82, 2.24) is 4.90 Å². The molecule has 50 heavy (non-hydrogen) atoms. The van der Waals surface area contributed by atoms with Gasteiger partial charge in [0.15, 0.2) is 6.29 Å². The van der Waals surface area contributed by atoms with E-state index in [0.29, 0.717) is 13.0 Å². The van der Waals surface area contributed by atoms with Crippen LogP contribution in [-0.4, -0.2) is 54.6 Å². The van der Waals surface area contributed by atoms with Crippen LogP contribution in [0.3, 0.4) is 0 Å². The summed E-state index contributed by atoms with van der Waals surface area (Å²) in [6.45, 7) is 13.3. The smallest absolute Gasteiger partial charge is 0.305 e. The van der Waals surface area contributed by atoms with E-state index in [0.717, 1.165) is 44.9 Å². The fourth-order valence-corrected chi connectivity index (χ4v) is 7.16. The van der Waals surface area contributed by atoms with Crippen molar-refractivity contribution < 1.29 is 19.4 Å². The molecule has 1 N–H and O–H groups in total. The topological polar surface area (TPSA) is 59.0 Å². The number of nitrogens with zero attached hydrogens (tertiary/aromatic N) is 1. The van der Waals surface area contributed by atoms with Gasteiger partial charge in [0.1, 0.15) is 0 Å². The molecule has 0 aromatic heterocycles. The number of carbonyl (C=O) groups excluding carboxylic acids is 1. The van der Waals surface area contributed by atoms with E-state index in [9.17, 15) is 9.90 Å². The third kappa shape index (κ3) is 37.1. The second-order valence-electron chi connectivity index (χ2n) is 15.6. The highest BCUT2D eigenvalue weighted by atomic mass is 16.6. The number of aliphatic hydroxyl groups is 1. The predicted molar refractivity (Wildman–Crippen MR) is 218 cm³/mol. The molecule has 1 unspecified atom stereocenters. The van der Waals surface area contributed by atoms with Crippen LogP contribution in [0.2, 0.25) is 0 Å². The van der Waals surface area contributed by atoms with Gasteiger partial charge in [-0.25, -0.2) is 0 Å². The average Bonchev–Trinajstić information content (AvgIpc) is 3.11. The summed E-state index contributed by atoms with van der Waals surface area (Å²) in [6, 6.07) is 0. The van der Waals surface area contributed by atoms with Crippen LogP contribution in [0.4, 0.5) is 0 Å². The molecule has 0 heterocycles. The van der Waals surface area contributed by atoms with Gasteiger partial charge in [-0.3, -0.25) is 4.79 Å². The first-order chi connectivity index (χ1) is 24.6. The van der Waals surface area contributed by atoms with Gasteiger partial charge in [0, 0.05) is 6.42 Å². The molecule has 5 heteroatoms. The van der Waals surface area contributed by atoms with Gasteiger partial charge in [-0.05, 0) is 77.4 Å². The Morgan fingerprint density at radius 1 is 0.460 bits per heavy atom. The molecule has 0 aromatic carbocycles. The fraction of sp³-hybridized carbons (Fsp3) is 0.978. The van der Waals surface area contributed by atoms with Gasteiger partial charge in [-0.2, -0.15) is 0 Å². The number of esters is 1. The van der Waals surface area contributed by atoms with Crippen LogP contribution in [0.25, 0.3) is 0 Å². The van der Waals surface area contributed by atoms with Crippen molar-refractivity contribution in [3.8, 4) is 0 Å². The monoisotopic (exact) mass is 710 g/mol. The molecule has 0 aliphatic heterocycles. The van der Waals surface area contributed by atoms with Crippen molar-refractivity contribution in [2.24, 2.45) is 0 Å². The lowest BCUT2D eigenvalue weighted by Gasteiger charge is -2.22. The number of aliphatic hydroxyl groups excluding tert-OH is 1. The van der Waals surface area contributed by atoms with E-state index < -0.39 is 6.29 Å². The highest BCUT2D eigenvalue weighted by Crippen LogP contribution is 2.20. The second-order valence-corrected chi connectivity index (χ2v) is 15.6. The number of hydrogen-bond donors (Lipinski definition) is 1. The molecule has 1 atom stereocenters. The Morgan fingerprint density at radius 3 is 1.34 bits per heavy atom. The third-order valence-corrected chi connectivity index (χ3v) is 10.4. The SMILES string of the molecule is CCCCCCCCCOC(=O)CCCCCCCN(CCC)CCCCCCCC(O)OC(CCCCCCCC)CCCCCCCC. The molecular formula is C45H91NO4. The lowest BCUT2D eigenvalue weighted by Crippen LogP contribution is -2.27. The quantitative estimate of drug-likeness (QED) is 0.0388. The zero-order chi connectivity index (χ0) is 36.6. The van der Waals surface area contributed by atoms with E-state index >= 15 is 0 Å². The Balaban J connectivity index is 3.93. The van der Waals surface area contributed by atoms with Gasteiger partial charge in [-0.15, -0.1) is 0 Å².